The Bertz CT molecular complexity index is 771. The third kappa shape index (κ3) is 6.62. The van der Waals surface area contributed by atoms with E-state index in [1.807, 2.05) is 37.5 Å². The maximum absolute atomic E-state index is 11.5. The summed E-state index contributed by atoms with van der Waals surface area (Å²) in [6, 6.07) is 5.01. The summed E-state index contributed by atoms with van der Waals surface area (Å²) >= 11 is 6.30. The number of nitrogens with two attached hydrogens (primary N) is 2. The summed E-state index contributed by atoms with van der Waals surface area (Å²) < 4.78 is 5.59. The molecule has 0 radical (unpaired) electrons. The van der Waals surface area contributed by atoms with Gasteiger partial charge in [0.25, 0.3) is 0 Å². The zero-order chi connectivity index (χ0) is 19.9. The number of urea groups is 1. The van der Waals surface area contributed by atoms with Crippen LogP contribution < -0.4 is 22.3 Å². The van der Waals surface area contributed by atoms with Gasteiger partial charge in [0.05, 0.1) is 0 Å². The number of hydrogen-bond acceptors (Lipinski definition) is 5. The molecule has 0 spiro atoms. The fourth-order valence-electron chi connectivity index (χ4n) is 2.62. The van der Waals surface area contributed by atoms with E-state index in [4.69, 9.17) is 27.9 Å². The summed E-state index contributed by atoms with van der Waals surface area (Å²) in [4.78, 5) is 15.7. The summed E-state index contributed by atoms with van der Waals surface area (Å²) in [5.74, 6) is 5.34. The monoisotopic (exact) mass is 391 g/mol. The lowest BCUT2D eigenvalue weighted by Gasteiger charge is -2.24. The van der Waals surface area contributed by atoms with Crippen LogP contribution in [0.5, 0.6) is 0 Å². The van der Waals surface area contributed by atoms with E-state index in [2.05, 4.69) is 10.3 Å². The predicted octanol–water partition coefficient (Wildman–Crippen LogP) is 3.44. The third-order valence-corrected chi connectivity index (χ3v) is 4.66. The van der Waals surface area contributed by atoms with Gasteiger partial charge in [-0.15, -0.1) is 11.6 Å². The fraction of sp³-hybridized carbons (Fsp3) is 0.368. The smallest absolute Gasteiger partial charge is 0.333 e. The van der Waals surface area contributed by atoms with Crippen LogP contribution in [0.4, 0.5) is 10.5 Å². The van der Waals surface area contributed by atoms with Crippen LogP contribution in [0.25, 0.3) is 0 Å². The van der Waals surface area contributed by atoms with Gasteiger partial charge in [-0.25, -0.2) is 10.6 Å². The van der Waals surface area contributed by atoms with Crippen LogP contribution in [-0.4, -0.2) is 17.1 Å². The predicted molar refractivity (Wildman–Crippen MR) is 109 cm³/mol. The molecular weight excluding hydrogens is 366 g/mol. The largest absolute Gasteiger partial charge is 0.474 e. The van der Waals surface area contributed by atoms with Gasteiger partial charge in [0, 0.05) is 34.1 Å². The molecule has 1 atom stereocenters. The van der Waals surface area contributed by atoms with Gasteiger partial charge in [0.15, 0.2) is 5.88 Å². The van der Waals surface area contributed by atoms with E-state index < -0.39 is 6.03 Å². The van der Waals surface area contributed by atoms with Crippen molar-refractivity contribution in [2.75, 3.05) is 5.32 Å². The number of aryl methyl sites for hydroxylation is 1. The molecule has 0 saturated heterocycles. The summed E-state index contributed by atoms with van der Waals surface area (Å²) in [5.41, 5.74) is 11.3. The van der Waals surface area contributed by atoms with Gasteiger partial charge >= 0.3 is 6.03 Å². The van der Waals surface area contributed by atoms with Crippen molar-refractivity contribution in [2.45, 2.75) is 44.6 Å². The van der Waals surface area contributed by atoms with Gasteiger partial charge in [0.1, 0.15) is 6.61 Å². The number of nitrogens with one attached hydrogen (secondary N) is 2. The van der Waals surface area contributed by atoms with E-state index in [9.17, 15) is 4.79 Å². The van der Waals surface area contributed by atoms with E-state index in [1.165, 1.54) is 0 Å². The number of amides is 2. The van der Waals surface area contributed by atoms with Gasteiger partial charge in [-0.1, -0.05) is 18.2 Å². The Morgan fingerprint density at radius 2 is 2.26 bits per heavy atom. The fourth-order valence-corrected chi connectivity index (χ4v) is 2.79. The van der Waals surface area contributed by atoms with Crippen LogP contribution in [0, 0.1) is 6.92 Å². The molecule has 2 amide bonds. The number of anilines is 1. The Balaban J connectivity index is 1.96. The third-order valence-electron chi connectivity index (χ3n) is 4.32. The van der Waals surface area contributed by atoms with E-state index in [-0.39, 0.29) is 17.4 Å². The highest BCUT2D eigenvalue weighted by Gasteiger charge is 2.23. The van der Waals surface area contributed by atoms with Gasteiger partial charge < -0.3 is 15.8 Å². The molecule has 1 aliphatic rings. The molecule has 0 bridgehead atoms. The normalized spacial score (nSPS) is 20.3. The standard InChI is InChI=1S/C19H26ClN5O2/c1-13-4-3-5-16(24-18(26)25-22)15(13)12-27-17(21)8-11-23-14-6-9-19(2,20)10-7-14/h3-6,8,11H,7,9-10,12,21-22H2,1-2H3,(H2,24,25,26). The molecule has 0 heterocycles. The van der Waals surface area contributed by atoms with Gasteiger partial charge in [0.2, 0.25) is 0 Å². The van der Waals surface area contributed by atoms with E-state index in [1.54, 1.807) is 18.4 Å². The molecule has 0 saturated carbocycles. The van der Waals surface area contributed by atoms with Crippen molar-refractivity contribution in [3.05, 3.63) is 53.1 Å². The number of hydrazine groups is 1. The average molecular weight is 392 g/mol. The van der Waals surface area contributed by atoms with Crippen LogP contribution in [0.3, 0.4) is 0 Å². The van der Waals surface area contributed by atoms with Gasteiger partial charge in [-0.3, -0.25) is 10.4 Å². The Hall–Kier alpha value is -2.51. The van der Waals surface area contributed by atoms with Crippen molar-refractivity contribution in [2.24, 2.45) is 16.6 Å². The maximum Gasteiger partial charge on any atom is 0.333 e. The number of nitrogens with zero attached hydrogens (tertiary/aromatic N) is 1. The number of benzene rings is 1. The molecule has 0 fully saturated rings. The molecule has 6 N–H and O–H groups in total. The number of halogens is 1. The Morgan fingerprint density at radius 3 is 2.93 bits per heavy atom. The SMILES string of the molecule is Cc1cccc(NC(=O)NN)c1COC(N)=CC=NC1=CCC(C)(Cl)CC1. The molecule has 7 nitrogen and oxygen atoms in total. The second kappa shape index (κ2) is 9.43. The summed E-state index contributed by atoms with van der Waals surface area (Å²) in [6.45, 7) is 4.16. The number of allylic oxidation sites excluding steroid dienone is 3. The topological polar surface area (TPSA) is 115 Å². The molecule has 8 heteroatoms. The molecule has 0 aliphatic heterocycles. The van der Waals surface area contributed by atoms with Crippen molar-refractivity contribution in [1.82, 2.24) is 5.43 Å². The molecule has 146 valence electrons. The zero-order valence-electron chi connectivity index (χ0n) is 15.6. The molecule has 0 aromatic heterocycles. The lowest BCUT2D eigenvalue weighted by atomic mass is 9.93. The molecule has 2 rings (SSSR count). The lowest BCUT2D eigenvalue weighted by molar-refractivity contribution is 0.196. The summed E-state index contributed by atoms with van der Waals surface area (Å²) in [5, 5.41) is 2.66. The van der Waals surface area contributed by atoms with Crippen molar-refractivity contribution in [3.63, 3.8) is 0 Å². The Morgan fingerprint density at radius 1 is 1.48 bits per heavy atom. The minimum Gasteiger partial charge on any atom is -0.474 e. The molecule has 1 aromatic rings. The maximum atomic E-state index is 11.5. The van der Waals surface area contributed by atoms with Crippen LogP contribution in [0.1, 0.15) is 37.3 Å². The van der Waals surface area contributed by atoms with E-state index in [0.29, 0.717) is 5.69 Å². The van der Waals surface area contributed by atoms with Gasteiger partial charge in [-0.2, -0.15) is 0 Å². The number of rotatable bonds is 6. The minimum atomic E-state index is -0.508. The molecule has 1 aliphatic carbocycles. The average Bonchev–Trinajstić information content (AvgIpc) is 2.62. The Kier molecular flexibility index (Phi) is 7.27. The van der Waals surface area contributed by atoms with Gasteiger partial charge in [-0.05, 0) is 44.7 Å². The first-order valence-electron chi connectivity index (χ1n) is 8.67. The second-order valence-corrected chi connectivity index (χ2v) is 7.56. The summed E-state index contributed by atoms with van der Waals surface area (Å²) in [7, 11) is 0. The first kappa shape index (κ1) is 20.8. The van der Waals surface area contributed by atoms with Crippen molar-refractivity contribution >= 4 is 29.5 Å². The highest BCUT2D eigenvalue weighted by atomic mass is 35.5. The first-order valence-corrected chi connectivity index (χ1v) is 9.05. The molecule has 27 heavy (non-hydrogen) atoms. The molecule has 1 unspecified atom stereocenters. The highest BCUT2D eigenvalue weighted by Crippen LogP contribution is 2.32. The molecular formula is C19H26ClN5O2. The highest BCUT2D eigenvalue weighted by molar-refractivity contribution is 6.23. The van der Waals surface area contributed by atoms with Crippen LogP contribution in [0.2, 0.25) is 0 Å². The summed E-state index contributed by atoms with van der Waals surface area (Å²) in [6.07, 6.45) is 7.81. The van der Waals surface area contributed by atoms with Crippen molar-refractivity contribution in [1.29, 1.82) is 0 Å². The number of carbonyl (C=O) groups is 1. The quantitative estimate of drug-likeness (QED) is 0.148. The number of aliphatic imine (C=N–C) groups is 1. The van der Waals surface area contributed by atoms with E-state index in [0.717, 1.165) is 36.1 Å². The zero-order valence-corrected chi connectivity index (χ0v) is 16.3. The number of carbonyl (C=O) groups excluding carboxylic acids is 1. The number of ether oxygens (including phenoxy) is 1. The number of alkyl halides is 1. The van der Waals surface area contributed by atoms with Crippen molar-refractivity contribution in [3.8, 4) is 0 Å². The van der Waals surface area contributed by atoms with E-state index >= 15 is 0 Å². The first-order chi connectivity index (χ1) is 12.8. The van der Waals surface area contributed by atoms with Crippen LogP contribution in [0.15, 0.2) is 46.9 Å². The Labute approximate surface area is 164 Å². The molecule has 1 aromatic carbocycles. The van der Waals surface area contributed by atoms with Crippen LogP contribution >= 0.6 is 11.6 Å². The van der Waals surface area contributed by atoms with Crippen molar-refractivity contribution < 1.29 is 9.53 Å². The second-order valence-electron chi connectivity index (χ2n) is 6.65. The van der Waals surface area contributed by atoms with Crippen LogP contribution in [-0.2, 0) is 11.3 Å². The lowest BCUT2D eigenvalue weighted by Crippen LogP contribution is -2.34. The minimum absolute atomic E-state index is 0.170. The number of hydrogen-bond donors (Lipinski definition) is 4.